The summed E-state index contributed by atoms with van der Waals surface area (Å²) in [5, 5.41) is 7.50. The van der Waals surface area contributed by atoms with Crippen LogP contribution in [-0.4, -0.2) is 23.0 Å². The van der Waals surface area contributed by atoms with Crippen molar-refractivity contribution in [2.45, 2.75) is 32.9 Å². The van der Waals surface area contributed by atoms with E-state index in [-0.39, 0.29) is 6.67 Å². The fourth-order valence-electron chi connectivity index (χ4n) is 1.23. The first-order valence-electron chi connectivity index (χ1n) is 5.16. The van der Waals surface area contributed by atoms with Crippen molar-refractivity contribution in [3.05, 3.63) is 18.0 Å². The lowest BCUT2D eigenvalue weighted by Crippen LogP contribution is -2.15. The van der Waals surface area contributed by atoms with Gasteiger partial charge in [0.25, 0.3) is 0 Å². The lowest BCUT2D eigenvalue weighted by molar-refractivity contribution is 0.425. The van der Waals surface area contributed by atoms with Gasteiger partial charge in [0.2, 0.25) is 0 Å². The van der Waals surface area contributed by atoms with Gasteiger partial charge in [0.15, 0.2) is 0 Å². The van der Waals surface area contributed by atoms with Gasteiger partial charge in [0.1, 0.15) is 6.67 Å². The summed E-state index contributed by atoms with van der Waals surface area (Å²) in [5.74, 6) is 0. The average Bonchev–Trinajstić information content (AvgIpc) is 2.61. The molecule has 0 spiro atoms. The third-order valence-corrected chi connectivity index (χ3v) is 2.02. The molecule has 1 heterocycles. The largest absolute Gasteiger partial charge is 0.311 e. The third kappa shape index (κ3) is 3.87. The van der Waals surface area contributed by atoms with Crippen molar-refractivity contribution in [2.75, 3.05) is 13.2 Å². The Balaban J connectivity index is 2.22. The molecule has 0 bridgehead atoms. The Morgan fingerprint density at radius 3 is 3.14 bits per heavy atom. The maximum Gasteiger partial charge on any atom is 0.109 e. The molecule has 0 saturated heterocycles. The van der Waals surface area contributed by atoms with Crippen molar-refractivity contribution in [3.63, 3.8) is 0 Å². The minimum atomic E-state index is -0.357. The summed E-state index contributed by atoms with van der Waals surface area (Å²) in [4.78, 5) is 0. The minimum Gasteiger partial charge on any atom is -0.311 e. The molecule has 0 aliphatic carbocycles. The van der Waals surface area contributed by atoms with Crippen LogP contribution < -0.4 is 5.32 Å². The second-order valence-electron chi connectivity index (χ2n) is 3.29. The first-order chi connectivity index (χ1) is 6.86. The van der Waals surface area contributed by atoms with Crippen molar-refractivity contribution in [1.29, 1.82) is 0 Å². The highest BCUT2D eigenvalue weighted by molar-refractivity contribution is 4.98. The van der Waals surface area contributed by atoms with Crippen LogP contribution in [0.5, 0.6) is 0 Å². The molecule has 0 aromatic carbocycles. The molecule has 14 heavy (non-hydrogen) atoms. The van der Waals surface area contributed by atoms with E-state index in [0.717, 1.165) is 18.8 Å². The van der Waals surface area contributed by atoms with Gasteiger partial charge in [0.05, 0.1) is 12.2 Å². The highest BCUT2D eigenvalue weighted by Gasteiger charge is 1.97. The number of nitrogens with zero attached hydrogens (tertiary/aromatic N) is 2. The van der Waals surface area contributed by atoms with E-state index < -0.39 is 0 Å². The monoisotopic (exact) mass is 199 g/mol. The number of halogens is 1. The number of hydrogen-bond acceptors (Lipinski definition) is 2. The number of nitrogens with one attached hydrogen (secondary N) is 1. The number of aryl methyl sites for hydroxylation is 1. The van der Waals surface area contributed by atoms with Crippen LogP contribution in [-0.2, 0) is 13.1 Å². The number of alkyl halides is 1. The van der Waals surface area contributed by atoms with Gasteiger partial charge in [-0.3, -0.25) is 4.68 Å². The van der Waals surface area contributed by atoms with Gasteiger partial charge < -0.3 is 5.32 Å². The molecule has 1 aromatic rings. The van der Waals surface area contributed by atoms with Crippen LogP contribution in [0.3, 0.4) is 0 Å². The zero-order valence-corrected chi connectivity index (χ0v) is 8.67. The lowest BCUT2D eigenvalue weighted by Gasteiger charge is -2.00. The highest BCUT2D eigenvalue weighted by Crippen LogP contribution is 1.95. The number of unbranched alkanes of at least 4 members (excludes halogenated alkanes) is 1. The van der Waals surface area contributed by atoms with Gasteiger partial charge in [-0.15, -0.1) is 0 Å². The Labute approximate surface area is 84.3 Å². The lowest BCUT2D eigenvalue weighted by atomic mass is 10.3. The van der Waals surface area contributed by atoms with E-state index in [9.17, 15) is 4.39 Å². The SMILES string of the molecule is CCCCNCc1ccn(CCF)n1. The number of rotatable bonds is 7. The molecule has 80 valence electrons. The maximum atomic E-state index is 12.0. The summed E-state index contributed by atoms with van der Waals surface area (Å²) in [7, 11) is 0. The zero-order chi connectivity index (χ0) is 10.2. The molecule has 3 nitrogen and oxygen atoms in total. The molecule has 0 atom stereocenters. The molecule has 1 rings (SSSR count). The topological polar surface area (TPSA) is 29.9 Å². The standard InChI is InChI=1S/C10H18FN3/c1-2-3-6-12-9-10-4-7-14(13-10)8-5-11/h4,7,12H,2-3,5-6,8-9H2,1H3. The molecule has 0 aliphatic heterocycles. The average molecular weight is 199 g/mol. The minimum absolute atomic E-state index is 0.356. The summed E-state index contributed by atoms with van der Waals surface area (Å²) in [6.07, 6.45) is 4.20. The van der Waals surface area contributed by atoms with Crippen LogP contribution in [0.15, 0.2) is 12.3 Å². The van der Waals surface area contributed by atoms with Gasteiger partial charge in [-0.1, -0.05) is 13.3 Å². The molecule has 0 amide bonds. The van der Waals surface area contributed by atoms with Gasteiger partial charge >= 0.3 is 0 Å². The van der Waals surface area contributed by atoms with Gasteiger partial charge in [-0.25, -0.2) is 4.39 Å². The van der Waals surface area contributed by atoms with E-state index in [4.69, 9.17) is 0 Å². The van der Waals surface area contributed by atoms with Gasteiger partial charge in [-0.2, -0.15) is 5.10 Å². The molecule has 0 radical (unpaired) electrons. The fraction of sp³-hybridized carbons (Fsp3) is 0.700. The van der Waals surface area contributed by atoms with E-state index in [1.54, 1.807) is 4.68 Å². The quantitative estimate of drug-likeness (QED) is 0.678. The first-order valence-corrected chi connectivity index (χ1v) is 5.16. The van der Waals surface area contributed by atoms with Gasteiger partial charge in [-0.05, 0) is 19.0 Å². The Kier molecular flexibility index (Phi) is 5.22. The molecule has 0 saturated carbocycles. The first kappa shape index (κ1) is 11.2. The Hall–Kier alpha value is -0.900. The van der Waals surface area contributed by atoms with E-state index in [2.05, 4.69) is 17.3 Å². The Morgan fingerprint density at radius 1 is 1.57 bits per heavy atom. The predicted molar refractivity (Wildman–Crippen MR) is 54.8 cm³/mol. The van der Waals surface area contributed by atoms with Crippen LogP contribution in [0.25, 0.3) is 0 Å². The zero-order valence-electron chi connectivity index (χ0n) is 8.67. The second kappa shape index (κ2) is 6.54. The van der Waals surface area contributed by atoms with Crippen LogP contribution >= 0.6 is 0 Å². The molecule has 4 heteroatoms. The molecule has 1 aromatic heterocycles. The Bertz CT molecular complexity index is 247. The normalized spacial score (nSPS) is 10.7. The third-order valence-electron chi connectivity index (χ3n) is 2.02. The van der Waals surface area contributed by atoms with Crippen LogP contribution in [0.4, 0.5) is 4.39 Å². The van der Waals surface area contributed by atoms with Gasteiger partial charge in [0, 0.05) is 12.7 Å². The maximum absolute atomic E-state index is 12.0. The molecule has 0 unspecified atom stereocenters. The summed E-state index contributed by atoms with van der Waals surface area (Å²) in [6, 6.07) is 1.93. The second-order valence-corrected chi connectivity index (χ2v) is 3.29. The number of aromatic nitrogens is 2. The number of hydrogen-bond donors (Lipinski definition) is 1. The van der Waals surface area contributed by atoms with E-state index in [0.29, 0.717) is 6.54 Å². The van der Waals surface area contributed by atoms with Crippen molar-refractivity contribution < 1.29 is 4.39 Å². The molecule has 0 fully saturated rings. The van der Waals surface area contributed by atoms with Crippen molar-refractivity contribution in [3.8, 4) is 0 Å². The Morgan fingerprint density at radius 2 is 2.43 bits per heavy atom. The smallest absolute Gasteiger partial charge is 0.109 e. The molecule has 0 aliphatic rings. The molecule has 1 N–H and O–H groups in total. The van der Waals surface area contributed by atoms with E-state index in [1.165, 1.54) is 12.8 Å². The molecular formula is C10H18FN3. The summed E-state index contributed by atoms with van der Waals surface area (Å²) in [6.45, 7) is 3.96. The van der Waals surface area contributed by atoms with E-state index in [1.807, 2.05) is 12.3 Å². The highest BCUT2D eigenvalue weighted by atomic mass is 19.1. The van der Waals surface area contributed by atoms with Crippen molar-refractivity contribution >= 4 is 0 Å². The summed E-state index contributed by atoms with van der Waals surface area (Å²) in [5.41, 5.74) is 0.981. The van der Waals surface area contributed by atoms with Crippen LogP contribution in [0, 0.1) is 0 Å². The fourth-order valence-corrected chi connectivity index (χ4v) is 1.23. The summed E-state index contributed by atoms with van der Waals surface area (Å²) >= 11 is 0. The molecular weight excluding hydrogens is 181 g/mol. The van der Waals surface area contributed by atoms with E-state index >= 15 is 0 Å². The summed E-state index contributed by atoms with van der Waals surface area (Å²) < 4.78 is 13.6. The predicted octanol–water partition coefficient (Wildman–Crippen LogP) is 1.74. The van der Waals surface area contributed by atoms with Crippen LogP contribution in [0.1, 0.15) is 25.5 Å². The van der Waals surface area contributed by atoms with Crippen molar-refractivity contribution in [2.24, 2.45) is 0 Å². The van der Waals surface area contributed by atoms with Crippen LogP contribution in [0.2, 0.25) is 0 Å². The van der Waals surface area contributed by atoms with Crippen molar-refractivity contribution in [1.82, 2.24) is 15.1 Å².